The van der Waals surface area contributed by atoms with Crippen LogP contribution < -0.4 is 10.9 Å². The largest absolute Gasteiger partial charge is 0.465 e. The number of carbonyl (C=O) groups excluding carboxylic acids is 2. The van der Waals surface area contributed by atoms with Crippen LogP contribution in [0.1, 0.15) is 17.3 Å². The van der Waals surface area contributed by atoms with Crippen molar-refractivity contribution in [1.29, 1.82) is 0 Å². The number of carbonyl (C=O) groups is 2. The first kappa shape index (κ1) is 22.3. The van der Waals surface area contributed by atoms with Gasteiger partial charge in [-0.25, -0.2) is 9.78 Å². The van der Waals surface area contributed by atoms with Gasteiger partial charge in [0.05, 0.1) is 40.2 Å². The number of amides is 1. The summed E-state index contributed by atoms with van der Waals surface area (Å²) in [6, 6.07) is 22.9. The van der Waals surface area contributed by atoms with Crippen molar-refractivity contribution < 1.29 is 14.3 Å². The molecule has 0 spiro atoms. The highest BCUT2D eigenvalue weighted by atomic mass is 32.2. The van der Waals surface area contributed by atoms with Crippen LogP contribution >= 0.6 is 11.8 Å². The van der Waals surface area contributed by atoms with E-state index in [9.17, 15) is 14.4 Å². The molecule has 1 aromatic heterocycles. The summed E-state index contributed by atoms with van der Waals surface area (Å²) in [7, 11) is 1.29. The number of rotatable bonds is 6. The van der Waals surface area contributed by atoms with E-state index in [1.165, 1.54) is 23.4 Å². The maximum atomic E-state index is 13.3. The standard InChI is InChI=1S/C25H21N3O4S/c1-16(22(29)26-21-15-9-7-13-19(21)24(31)32-2)33-25-27-20-14-8-6-12-18(20)23(30)28(25)17-10-4-3-5-11-17/h3-16H,1-2H3,(H,26,29). The van der Waals surface area contributed by atoms with Crippen molar-refractivity contribution in [3.63, 3.8) is 0 Å². The summed E-state index contributed by atoms with van der Waals surface area (Å²) in [6.45, 7) is 1.72. The lowest BCUT2D eigenvalue weighted by atomic mass is 10.2. The number of nitrogens with one attached hydrogen (secondary N) is 1. The Morgan fingerprint density at radius 3 is 2.39 bits per heavy atom. The van der Waals surface area contributed by atoms with Crippen LogP contribution in [0.25, 0.3) is 16.6 Å². The molecular formula is C25H21N3O4S. The predicted octanol–water partition coefficient (Wildman–Crippen LogP) is 4.29. The van der Waals surface area contributed by atoms with Crippen LogP contribution in [0.5, 0.6) is 0 Å². The van der Waals surface area contributed by atoms with Crippen molar-refractivity contribution in [2.45, 2.75) is 17.3 Å². The zero-order chi connectivity index (χ0) is 23.4. The van der Waals surface area contributed by atoms with Gasteiger partial charge in [-0.15, -0.1) is 0 Å². The Balaban J connectivity index is 1.68. The van der Waals surface area contributed by atoms with Crippen molar-refractivity contribution >= 4 is 40.2 Å². The maximum absolute atomic E-state index is 13.3. The number of para-hydroxylation sites is 3. The van der Waals surface area contributed by atoms with Crippen LogP contribution in [0, 0.1) is 0 Å². The number of hydrogen-bond donors (Lipinski definition) is 1. The van der Waals surface area contributed by atoms with Gasteiger partial charge in [-0.05, 0) is 43.3 Å². The van der Waals surface area contributed by atoms with Gasteiger partial charge in [0.1, 0.15) is 0 Å². The van der Waals surface area contributed by atoms with Crippen molar-refractivity contribution in [3.05, 3.63) is 94.8 Å². The van der Waals surface area contributed by atoms with Gasteiger partial charge in [0.2, 0.25) is 5.91 Å². The lowest BCUT2D eigenvalue weighted by Gasteiger charge is -2.17. The molecule has 1 atom stereocenters. The highest BCUT2D eigenvalue weighted by molar-refractivity contribution is 8.00. The van der Waals surface area contributed by atoms with E-state index < -0.39 is 11.2 Å². The number of nitrogens with zero attached hydrogens (tertiary/aromatic N) is 2. The fraction of sp³-hybridized carbons (Fsp3) is 0.120. The molecule has 166 valence electrons. The van der Waals surface area contributed by atoms with E-state index in [0.29, 0.717) is 27.4 Å². The summed E-state index contributed by atoms with van der Waals surface area (Å²) in [5, 5.41) is 3.06. The van der Waals surface area contributed by atoms with Gasteiger partial charge in [-0.1, -0.05) is 54.2 Å². The van der Waals surface area contributed by atoms with E-state index in [-0.39, 0.29) is 17.0 Å². The van der Waals surface area contributed by atoms with Crippen molar-refractivity contribution in [2.24, 2.45) is 0 Å². The molecule has 4 aromatic rings. The van der Waals surface area contributed by atoms with Crippen LogP contribution in [0.3, 0.4) is 0 Å². The van der Waals surface area contributed by atoms with Crippen molar-refractivity contribution in [2.75, 3.05) is 12.4 Å². The zero-order valence-electron chi connectivity index (χ0n) is 18.0. The molecule has 0 saturated heterocycles. The van der Waals surface area contributed by atoms with Crippen LogP contribution in [0.4, 0.5) is 5.69 Å². The lowest BCUT2D eigenvalue weighted by molar-refractivity contribution is -0.115. The maximum Gasteiger partial charge on any atom is 0.339 e. The molecule has 0 aliphatic rings. The Morgan fingerprint density at radius 1 is 0.970 bits per heavy atom. The third-order valence-corrected chi connectivity index (χ3v) is 6.05. The third kappa shape index (κ3) is 4.65. The van der Waals surface area contributed by atoms with Gasteiger partial charge in [-0.2, -0.15) is 0 Å². The smallest absolute Gasteiger partial charge is 0.339 e. The molecule has 1 unspecified atom stereocenters. The van der Waals surface area contributed by atoms with E-state index in [2.05, 4.69) is 10.3 Å². The van der Waals surface area contributed by atoms with Crippen molar-refractivity contribution in [1.82, 2.24) is 9.55 Å². The van der Waals surface area contributed by atoms with E-state index in [1.54, 1.807) is 49.4 Å². The molecule has 8 heteroatoms. The Bertz CT molecular complexity index is 1390. The SMILES string of the molecule is COC(=O)c1ccccc1NC(=O)C(C)Sc1nc2ccccc2c(=O)n1-c1ccccc1. The summed E-state index contributed by atoms with van der Waals surface area (Å²) in [6.07, 6.45) is 0. The molecule has 3 aromatic carbocycles. The first-order valence-corrected chi connectivity index (χ1v) is 11.1. The number of methoxy groups -OCH3 is 1. The molecule has 0 aliphatic carbocycles. The quantitative estimate of drug-likeness (QED) is 0.263. The average Bonchev–Trinajstić information content (AvgIpc) is 2.84. The van der Waals surface area contributed by atoms with Gasteiger partial charge in [0, 0.05) is 0 Å². The molecule has 4 rings (SSSR count). The zero-order valence-corrected chi connectivity index (χ0v) is 18.8. The minimum atomic E-state index is -0.612. The van der Waals surface area contributed by atoms with E-state index in [0.717, 1.165) is 0 Å². The van der Waals surface area contributed by atoms with Gasteiger partial charge in [0.15, 0.2) is 5.16 Å². The molecule has 0 bridgehead atoms. The summed E-state index contributed by atoms with van der Waals surface area (Å²) in [4.78, 5) is 43.0. The van der Waals surface area contributed by atoms with Gasteiger partial charge < -0.3 is 10.1 Å². The van der Waals surface area contributed by atoms with Gasteiger partial charge in [-0.3, -0.25) is 14.2 Å². The monoisotopic (exact) mass is 459 g/mol. The topological polar surface area (TPSA) is 90.3 Å². The molecule has 0 saturated carbocycles. The molecule has 1 N–H and O–H groups in total. The molecule has 0 fully saturated rings. The number of aromatic nitrogens is 2. The average molecular weight is 460 g/mol. The molecular weight excluding hydrogens is 438 g/mol. The molecule has 1 heterocycles. The number of thioether (sulfide) groups is 1. The number of benzene rings is 3. The number of ether oxygens (including phenoxy) is 1. The second-order valence-corrected chi connectivity index (χ2v) is 8.48. The lowest BCUT2D eigenvalue weighted by Crippen LogP contribution is -2.26. The fourth-order valence-corrected chi connectivity index (χ4v) is 4.25. The van der Waals surface area contributed by atoms with Crippen LogP contribution in [0.2, 0.25) is 0 Å². The molecule has 0 radical (unpaired) electrons. The Morgan fingerprint density at radius 2 is 1.64 bits per heavy atom. The number of fused-ring (bicyclic) bond motifs is 1. The first-order chi connectivity index (χ1) is 16.0. The Hall–Kier alpha value is -3.91. The summed E-state index contributed by atoms with van der Waals surface area (Å²) in [5.41, 5.74) is 1.62. The third-order valence-electron chi connectivity index (χ3n) is 5.00. The Labute approximate surface area is 194 Å². The van der Waals surface area contributed by atoms with E-state index >= 15 is 0 Å². The second kappa shape index (κ2) is 9.70. The van der Waals surface area contributed by atoms with Gasteiger partial charge >= 0.3 is 5.97 Å². The number of hydrogen-bond acceptors (Lipinski definition) is 6. The molecule has 7 nitrogen and oxygen atoms in total. The molecule has 33 heavy (non-hydrogen) atoms. The minimum absolute atomic E-state index is 0.210. The fourth-order valence-electron chi connectivity index (χ4n) is 3.32. The van der Waals surface area contributed by atoms with Crippen LogP contribution in [-0.4, -0.2) is 33.8 Å². The Kier molecular flexibility index (Phi) is 6.55. The van der Waals surface area contributed by atoms with Crippen molar-refractivity contribution in [3.8, 4) is 5.69 Å². The predicted molar refractivity (Wildman–Crippen MR) is 129 cm³/mol. The summed E-state index contributed by atoms with van der Waals surface area (Å²) < 4.78 is 6.30. The minimum Gasteiger partial charge on any atom is -0.465 e. The summed E-state index contributed by atoms with van der Waals surface area (Å²) >= 11 is 1.17. The van der Waals surface area contributed by atoms with Crippen LogP contribution in [-0.2, 0) is 9.53 Å². The molecule has 0 aliphatic heterocycles. The first-order valence-electron chi connectivity index (χ1n) is 10.2. The number of anilines is 1. The number of esters is 1. The van der Waals surface area contributed by atoms with E-state index in [4.69, 9.17) is 4.74 Å². The highest BCUT2D eigenvalue weighted by Gasteiger charge is 2.22. The normalized spacial score (nSPS) is 11.7. The highest BCUT2D eigenvalue weighted by Crippen LogP contribution is 2.26. The van der Waals surface area contributed by atoms with E-state index in [1.807, 2.05) is 36.4 Å². The van der Waals surface area contributed by atoms with Gasteiger partial charge in [0.25, 0.3) is 5.56 Å². The second-order valence-electron chi connectivity index (χ2n) is 7.17. The summed E-state index contributed by atoms with van der Waals surface area (Å²) in [5.74, 6) is -0.876. The van der Waals surface area contributed by atoms with Crippen LogP contribution in [0.15, 0.2) is 88.8 Å². The molecule has 1 amide bonds.